The van der Waals surface area contributed by atoms with Crippen molar-refractivity contribution in [3.63, 3.8) is 0 Å². The van der Waals surface area contributed by atoms with Gasteiger partial charge in [0.15, 0.2) is 0 Å². The fourth-order valence-corrected chi connectivity index (χ4v) is 1.38. The molecule has 0 saturated carbocycles. The smallest absolute Gasteiger partial charge is 0.121 e. The Morgan fingerprint density at radius 3 is 2.80 bits per heavy atom. The van der Waals surface area contributed by atoms with Gasteiger partial charge in [0.25, 0.3) is 0 Å². The molecule has 0 amide bonds. The van der Waals surface area contributed by atoms with Crippen LogP contribution >= 0.6 is 0 Å². The Balaban J connectivity index is 3.04. The average molecular weight is 207 g/mol. The second kappa shape index (κ2) is 5.24. The van der Waals surface area contributed by atoms with Crippen LogP contribution < -0.4 is 4.74 Å². The molecule has 1 unspecified atom stereocenters. The van der Waals surface area contributed by atoms with Crippen molar-refractivity contribution in [1.29, 1.82) is 0 Å². The summed E-state index contributed by atoms with van der Waals surface area (Å²) >= 11 is 0. The first-order valence-corrected chi connectivity index (χ1v) is 4.52. The molecule has 0 aliphatic carbocycles. The first kappa shape index (κ1) is 11.4. The zero-order valence-corrected chi connectivity index (χ0v) is 8.71. The van der Waals surface area contributed by atoms with E-state index in [1.807, 2.05) is 13.0 Å². The van der Waals surface area contributed by atoms with Gasteiger partial charge in [-0.2, -0.15) is 0 Å². The van der Waals surface area contributed by atoms with Gasteiger partial charge >= 0.3 is 0 Å². The Morgan fingerprint density at radius 2 is 2.33 bits per heavy atom. The van der Waals surface area contributed by atoms with Crippen molar-refractivity contribution in [2.24, 2.45) is 5.11 Å². The van der Waals surface area contributed by atoms with E-state index >= 15 is 0 Å². The summed E-state index contributed by atoms with van der Waals surface area (Å²) in [5, 5.41) is 12.5. The number of rotatable bonds is 4. The van der Waals surface area contributed by atoms with Crippen LogP contribution in [0.3, 0.4) is 0 Å². The summed E-state index contributed by atoms with van der Waals surface area (Å²) in [6.07, 6.45) is 0. The van der Waals surface area contributed by atoms with Crippen LogP contribution in [-0.4, -0.2) is 18.8 Å². The predicted molar refractivity (Wildman–Crippen MR) is 56.7 cm³/mol. The molecule has 0 aromatic heterocycles. The number of aliphatic hydroxyl groups is 1. The third kappa shape index (κ3) is 2.62. The van der Waals surface area contributed by atoms with Crippen LogP contribution in [0.4, 0.5) is 0 Å². The maximum atomic E-state index is 9.03. The van der Waals surface area contributed by atoms with Crippen LogP contribution in [0, 0.1) is 6.92 Å². The Kier molecular flexibility index (Phi) is 3.97. The first-order valence-electron chi connectivity index (χ1n) is 4.52. The molecule has 15 heavy (non-hydrogen) atoms. The van der Waals surface area contributed by atoms with E-state index in [-0.39, 0.29) is 6.61 Å². The number of hydrogen-bond acceptors (Lipinski definition) is 3. The molecule has 1 atom stereocenters. The third-order valence-electron chi connectivity index (χ3n) is 2.17. The van der Waals surface area contributed by atoms with Crippen LogP contribution in [0.2, 0.25) is 0 Å². The minimum Gasteiger partial charge on any atom is -0.496 e. The lowest BCUT2D eigenvalue weighted by Gasteiger charge is -2.11. The van der Waals surface area contributed by atoms with Crippen LogP contribution in [0.5, 0.6) is 5.75 Å². The molecule has 0 spiro atoms. The molecule has 5 nitrogen and oxygen atoms in total. The largest absolute Gasteiger partial charge is 0.496 e. The Labute approximate surface area is 87.9 Å². The minimum atomic E-state index is -0.528. The van der Waals surface area contributed by atoms with Crippen LogP contribution in [0.25, 0.3) is 10.4 Å². The number of ether oxygens (including phenoxy) is 1. The average Bonchev–Trinajstić information content (AvgIpc) is 2.25. The fraction of sp³-hybridized carbons (Fsp3) is 0.400. The van der Waals surface area contributed by atoms with Crippen LogP contribution in [0.15, 0.2) is 23.3 Å². The van der Waals surface area contributed by atoms with Crippen molar-refractivity contribution in [2.45, 2.75) is 13.0 Å². The SMILES string of the molecule is COc1ccc(C(CO)N=[N+]=[N-])cc1C. The van der Waals surface area contributed by atoms with Gasteiger partial charge in [-0.1, -0.05) is 17.2 Å². The van der Waals surface area contributed by atoms with Gasteiger partial charge < -0.3 is 9.84 Å². The quantitative estimate of drug-likeness (QED) is 0.467. The summed E-state index contributed by atoms with van der Waals surface area (Å²) in [6.45, 7) is 1.70. The first-order chi connectivity index (χ1) is 7.22. The van der Waals surface area contributed by atoms with E-state index in [0.717, 1.165) is 16.9 Å². The summed E-state index contributed by atoms with van der Waals surface area (Å²) < 4.78 is 5.11. The molecule has 1 N–H and O–H groups in total. The summed E-state index contributed by atoms with van der Waals surface area (Å²) in [5.41, 5.74) is 10.1. The third-order valence-corrected chi connectivity index (χ3v) is 2.17. The molecule has 1 rings (SSSR count). The summed E-state index contributed by atoms with van der Waals surface area (Å²) in [7, 11) is 1.60. The molecule has 1 aromatic carbocycles. The highest BCUT2D eigenvalue weighted by Gasteiger charge is 2.09. The Bertz CT molecular complexity index is 386. The zero-order chi connectivity index (χ0) is 11.3. The van der Waals surface area contributed by atoms with E-state index in [2.05, 4.69) is 10.0 Å². The van der Waals surface area contributed by atoms with Crippen molar-refractivity contribution in [3.8, 4) is 5.75 Å². The summed E-state index contributed by atoms with van der Waals surface area (Å²) in [6, 6.07) is 4.88. The van der Waals surface area contributed by atoms with Crippen molar-refractivity contribution in [2.75, 3.05) is 13.7 Å². The lowest BCUT2D eigenvalue weighted by molar-refractivity contribution is 0.268. The lowest BCUT2D eigenvalue weighted by Crippen LogP contribution is -2.00. The molecule has 0 fully saturated rings. The van der Waals surface area contributed by atoms with Gasteiger partial charge in [-0.3, -0.25) is 0 Å². The minimum absolute atomic E-state index is 0.199. The molecule has 0 bridgehead atoms. The second-order valence-corrected chi connectivity index (χ2v) is 3.13. The van der Waals surface area contributed by atoms with Gasteiger partial charge in [-0.25, -0.2) is 0 Å². The maximum absolute atomic E-state index is 9.03. The molecular formula is C10H13N3O2. The zero-order valence-electron chi connectivity index (χ0n) is 8.71. The van der Waals surface area contributed by atoms with E-state index in [9.17, 15) is 0 Å². The Hall–Kier alpha value is -1.71. The van der Waals surface area contributed by atoms with E-state index in [1.54, 1.807) is 19.2 Å². The van der Waals surface area contributed by atoms with E-state index in [0.29, 0.717) is 0 Å². The molecular weight excluding hydrogens is 194 g/mol. The Morgan fingerprint density at radius 1 is 1.60 bits per heavy atom. The monoisotopic (exact) mass is 207 g/mol. The number of benzene rings is 1. The van der Waals surface area contributed by atoms with Crippen molar-refractivity contribution in [3.05, 3.63) is 39.8 Å². The molecule has 5 heteroatoms. The lowest BCUT2D eigenvalue weighted by atomic mass is 10.1. The van der Waals surface area contributed by atoms with Gasteiger partial charge in [0.05, 0.1) is 19.8 Å². The van der Waals surface area contributed by atoms with Gasteiger partial charge in [-0.05, 0) is 29.6 Å². The highest BCUT2D eigenvalue weighted by molar-refractivity contribution is 5.37. The number of aliphatic hydroxyl groups excluding tert-OH is 1. The van der Waals surface area contributed by atoms with Gasteiger partial charge in [-0.15, -0.1) is 0 Å². The molecule has 1 aromatic rings. The molecule has 0 aliphatic rings. The fourth-order valence-electron chi connectivity index (χ4n) is 1.38. The van der Waals surface area contributed by atoms with Crippen LogP contribution in [-0.2, 0) is 0 Å². The number of hydrogen-bond donors (Lipinski definition) is 1. The topological polar surface area (TPSA) is 78.2 Å². The normalized spacial score (nSPS) is 11.7. The molecule has 80 valence electrons. The van der Waals surface area contributed by atoms with Gasteiger partial charge in [0, 0.05) is 4.91 Å². The second-order valence-electron chi connectivity index (χ2n) is 3.13. The van der Waals surface area contributed by atoms with Crippen molar-refractivity contribution >= 4 is 0 Å². The van der Waals surface area contributed by atoms with Crippen molar-refractivity contribution in [1.82, 2.24) is 0 Å². The van der Waals surface area contributed by atoms with Gasteiger partial charge in [0.2, 0.25) is 0 Å². The summed E-state index contributed by atoms with van der Waals surface area (Å²) in [5.74, 6) is 0.774. The number of azide groups is 1. The number of nitrogens with zero attached hydrogens (tertiary/aromatic N) is 3. The molecule has 0 heterocycles. The maximum Gasteiger partial charge on any atom is 0.121 e. The highest BCUT2D eigenvalue weighted by atomic mass is 16.5. The van der Waals surface area contributed by atoms with Crippen molar-refractivity contribution < 1.29 is 9.84 Å². The van der Waals surface area contributed by atoms with E-state index < -0.39 is 6.04 Å². The number of aryl methyl sites for hydroxylation is 1. The van der Waals surface area contributed by atoms with E-state index in [1.165, 1.54) is 0 Å². The molecule has 0 aliphatic heterocycles. The predicted octanol–water partition coefficient (Wildman–Crippen LogP) is 2.35. The standard InChI is InChI=1S/C10H13N3O2/c1-7-5-8(3-4-10(7)15-2)9(6-14)12-13-11/h3-5,9,14H,6H2,1-2H3. The molecule has 0 radical (unpaired) electrons. The highest BCUT2D eigenvalue weighted by Crippen LogP contribution is 2.24. The van der Waals surface area contributed by atoms with Gasteiger partial charge in [0.1, 0.15) is 5.75 Å². The number of methoxy groups -OCH3 is 1. The van der Waals surface area contributed by atoms with E-state index in [4.69, 9.17) is 15.4 Å². The summed E-state index contributed by atoms with van der Waals surface area (Å²) in [4.78, 5) is 2.69. The molecule has 0 saturated heterocycles. The van der Waals surface area contributed by atoms with Crippen LogP contribution in [0.1, 0.15) is 17.2 Å².